The monoisotopic (exact) mass is 675 g/mol. The van der Waals surface area contributed by atoms with E-state index in [9.17, 15) is 32.7 Å². The number of alkyl halides is 3. The van der Waals surface area contributed by atoms with Crippen LogP contribution in [0.25, 0.3) is 15.9 Å². The van der Waals surface area contributed by atoms with E-state index in [1.807, 2.05) is 11.8 Å². The first-order chi connectivity index (χ1) is 21.7. The van der Waals surface area contributed by atoms with Crippen LogP contribution in [0.3, 0.4) is 0 Å². The van der Waals surface area contributed by atoms with Crippen molar-refractivity contribution in [3.05, 3.63) is 74.0 Å². The number of benzene rings is 1. The lowest BCUT2D eigenvalue weighted by Gasteiger charge is -2.37. The molecule has 46 heavy (non-hydrogen) atoms. The highest BCUT2D eigenvalue weighted by Crippen LogP contribution is 2.34. The second-order valence-corrected chi connectivity index (χ2v) is 12.1. The zero-order valence-electron chi connectivity index (χ0n) is 25.0. The summed E-state index contributed by atoms with van der Waals surface area (Å²) in [6, 6.07) is 2.66. The molecule has 0 bridgehead atoms. The van der Waals surface area contributed by atoms with Gasteiger partial charge in [-0.05, 0) is 44.0 Å². The number of nitrogens with one attached hydrogen (secondary N) is 1. The first-order valence-electron chi connectivity index (χ1n) is 14.1. The van der Waals surface area contributed by atoms with Gasteiger partial charge < -0.3 is 24.8 Å². The molecule has 242 valence electrons. The molecule has 0 unspecified atom stereocenters. The molecule has 11 nitrogen and oxygen atoms in total. The summed E-state index contributed by atoms with van der Waals surface area (Å²) in [5, 5.41) is 13.1. The number of nitrogens with zero attached hydrogens (tertiary/aromatic N) is 6. The Labute approximate surface area is 270 Å². The number of aryl methyl sites for hydroxylation is 1. The maximum atomic E-state index is 14.0. The lowest BCUT2D eigenvalue weighted by molar-refractivity contribution is -0.137. The van der Waals surface area contributed by atoms with Crippen molar-refractivity contribution in [2.45, 2.75) is 39.9 Å². The van der Waals surface area contributed by atoms with Crippen molar-refractivity contribution in [2.75, 3.05) is 36.4 Å². The molecule has 0 spiro atoms. The van der Waals surface area contributed by atoms with Crippen LogP contribution >= 0.6 is 22.9 Å². The van der Waals surface area contributed by atoms with Gasteiger partial charge in [0.25, 0.3) is 5.91 Å². The van der Waals surface area contributed by atoms with Gasteiger partial charge in [0.1, 0.15) is 33.9 Å². The quantitative estimate of drug-likeness (QED) is 0.276. The van der Waals surface area contributed by atoms with Crippen LogP contribution in [0, 0.1) is 6.92 Å². The van der Waals surface area contributed by atoms with Crippen LogP contribution in [0.4, 0.5) is 24.5 Å². The number of pyridine rings is 1. The van der Waals surface area contributed by atoms with Crippen LogP contribution in [0.5, 0.6) is 5.75 Å². The third-order valence-corrected chi connectivity index (χ3v) is 9.10. The number of aromatic hydroxyl groups is 1. The van der Waals surface area contributed by atoms with Crippen molar-refractivity contribution in [1.82, 2.24) is 24.4 Å². The number of carbonyl (C=O) groups is 2. The number of hydrogen-bond acceptors (Lipinski definition) is 9. The maximum absolute atomic E-state index is 14.0. The molecule has 1 fully saturated rings. The topological polar surface area (TPSA) is 134 Å². The number of thiazole rings is 1. The van der Waals surface area contributed by atoms with Gasteiger partial charge in [0, 0.05) is 31.9 Å². The van der Waals surface area contributed by atoms with E-state index in [0.29, 0.717) is 33.2 Å². The largest absolute Gasteiger partial charge is 0.504 e. The Morgan fingerprint density at radius 3 is 2.48 bits per heavy atom. The minimum absolute atomic E-state index is 0.00728. The summed E-state index contributed by atoms with van der Waals surface area (Å²) in [6.07, 6.45) is -3.04. The second-order valence-electron chi connectivity index (χ2n) is 10.7. The van der Waals surface area contributed by atoms with Crippen LogP contribution in [-0.2, 0) is 23.9 Å². The van der Waals surface area contributed by atoms with Crippen molar-refractivity contribution < 1.29 is 27.9 Å². The van der Waals surface area contributed by atoms with Gasteiger partial charge in [-0.25, -0.2) is 15.0 Å². The van der Waals surface area contributed by atoms with E-state index in [4.69, 9.17) is 11.6 Å². The minimum atomic E-state index is -4.59. The van der Waals surface area contributed by atoms with Crippen LogP contribution in [0.1, 0.15) is 46.3 Å². The summed E-state index contributed by atoms with van der Waals surface area (Å²) in [7, 11) is 0. The van der Waals surface area contributed by atoms with Crippen LogP contribution < -0.4 is 15.6 Å². The van der Waals surface area contributed by atoms with E-state index in [2.05, 4.69) is 26.8 Å². The molecule has 4 aromatic rings. The lowest BCUT2D eigenvalue weighted by atomic mass is 10.1. The number of rotatable bonds is 7. The fraction of sp³-hybridized carbons (Fsp3) is 0.333. The van der Waals surface area contributed by atoms with Crippen LogP contribution in [-0.4, -0.2) is 67.5 Å². The number of carbonyl (C=O) groups excluding carboxylic acids is 2. The summed E-state index contributed by atoms with van der Waals surface area (Å²) >= 11 is 7.28. The van der Waals surface area contributed by atoms with Crippen molar-refractivity contribution >= 4 is 62.0 Å². The molecule has 0 radical (unpaired) electrons. The van der Waals surface area contributed by atoms with Gasteiger partial charge in [0.15, 0.2) is 11.4 Å². The number of hydrogen-bond donors (Lipinski definition) is 2. The summed E-state index contributed by atoms with van der Waals surface area (Å²) in [6.45, 7) is 9.80. The molecule has 1 aliphatic rings. The smallest absolute Gasteiger partial charge is 0.416 e. The average Bonchev–Trinajstić information content (AvgIpc) is 3.47. The number of allylic oxidation sites excluding steroid dienone is 1. The van der Waals surface area contributed by atoms with Crippen LogP contribution in [0.2, 0.25) is 5.02 Å². The van der Waals surface area contributed by atoms with Gasteiger partial charge in [-0.3, -0.25) is 14.4 Å². The molecule has 2 N–H and O–H groups in total. The number of anilines is 2. The number of piperazine rings is 1. The SMILES string of the molecule is C=C(C)c1nc2c(=O)c(N3CCN(C(=O)c4ncnc(C)c4O)CC3)c(CC)n(CC(=O)Nc3ccc(C(F)(F)F)cc3Cl)c2s1. The molecule has 5 rings (SSSR count). The van der Waals surface area contributed by atoms with Gasteiger partial charge in [-0.2, -0.15) is 13.2 Å². The van der Waals surface area contributed by atoms with Gasteiger partial charge >= 0.3 is 6.18 Å². The molecule has 3 aromatic heterocycles. The van der Waals surface area contributed by atoms with E-state index < -0.39 is 23.6 Å². The van der Waals surface area contributed by atoms with Crippen LogP contribution in [0.15, 0.2) is 35.9 Å². The Bertz CT molecular complexity index is 1930. The summed E-state index contributed by atoms with van der Waals surface area (Å²) < 4.78 is 41.0. The van der Waals surface area contributed by atoms with Crippen molar-refractivity contribution in [1.29, 1.82) is 0 Å². The predicted molar refractivity (Wildman–Crippen MR) is 170 cm³/mol. The summed E-state index contributed by atoms with van der Waals surface area (Å²) in [5.74, 6) is -1.33. The van der Waals surface area contributed by atoms with Gasteiger partial charge in [0.05, 0.1) is 22.0 Å². The molecule has 1 saturated heterocycles. The normalized spacial score (nSPS) is 13.7. The molecule has 2 amide bonds. The second kappa shape index (κ2) is 12.7. The van der Waals surface area contributed by atoms with E-state index in [1.165, 1.54) is 22.6 Å². The Morgan fingerprint density at radius 2 is 1.87 bits per heavy atom. The first-order valence-corrected chi connectivity index (χ1v) is 15.3. The molecule has 1 aromatic carbocycles. The van der Waals surface area contributed by atoms with E-state index in [1.54, 1.807) is 18.4 Å². The molecule has 16 heteroatoms. The van der Waals surface area contributed by atoms with Crippen molar-refractivity contribution in [2.24, 2.45) is 0 Å². The molecule has 4 heterocycles. The van der Waals surface area contributed by atoms with Crippen molar-refractivity contribution in [3.63, 3.8) is 0 Å². The third-order valence-electron chi connectivity index (χ3n) is 7.55. The number of fused-ring (bicyclic) bond motifs is 1. The van der Waals surface area contributed by atoms with Gasteiger partial charge in [-0.15, -0.1) is 0 Å². The Hall–Kier alpha value is -4.50. The highest BCUT2D eigenvalue weighted by atomic mass is 35.5. The molecule has 0 atom stereocenters. The maximum Gasteiger partial charge on any atom is 0.416 e. The minimum Gasteiger partial charge on any atom is -0.504 e. The third kappa shape index (κ3) is 6.29. The molecular formula is C30H29ClF3N7O4S. The van der Waals surface area contributed by atoms with E-state index >= 15 is 0 Å². The van der Waals surface area contributed by atoms with E-state index in [-0.39, 0.29) is 71.5 Å². The van der Waals surface area contributed by atoms with Gasteiger partial charge in [-0.1, -0.05) is 36.4 Å². The summed E-state index contributed by atoms with van der Waals surface area (Å²) in [4.78, 5) is 56.6. The Kier molecular flexibility index (Phi) is 9.09. The number of aromatic nitrogens is 4. The number of halogens is 4. The zero-order valence-corrected chi connectivity index (χ0v) is 26.6. The molecule has 1 aliphatic heterocycles. The first kappa shape index (κ1) is 32.9. The Morgan fingerprint density at radius 1 is 1.17 bits per heavy atom. The fourth-order valence-electron chi connectivity index (χ4n) is 5.20. The van der Waals surface area contributed by atoms with Gasteiger partial charge in [0.2, 0.25) is 11.3 Å². The Balaban J connectivity index is 1.48. The lowest BCUT2D eigenvalue weighted by Crippen LogP contribution is -2.50. The standard InChI is InChI=1S/C30H29ClF3N7O4S/c1-5-20-24(39-8-10-40(11-9-39)28(45)22-25(43)16(4)35-14-36-22)26(44)23-29(46-27(38-23)15(2)3)41(20)13-21(42)37-19-7-6-17(12-18(19)31)30(32,33)34/h6-7,12,14,43H,2,5,8-11,13H2,1,3-4H3,(H,37,42). The molecular weight excluding hydrogens is 647 g/mol. The summed E-state index contributed by atoms with van der Waals surface area (Å²) in [5.41, 5.74) is 0.564. The van der Waals surface area contributed by atoms with E-state index in [0.717, 1.165) is 18.2 Å². The van der Waals surface area contributed by atoms with Crippen molar-refractivity contribution in [3.8, 4) is 5.75 Å². The predicted octanol–water partition coefficient (Wildman–Crippen LogP) is 5.13. The average molecular weight is 676 g/mol. The number of amides is 2. The molecule has 0 saturated carbocycles. The highest BCUT2D eigenvalue weighted by Gasteiger charge is 2.32. The molecule has 0 aliphatic carbocycles. The zero-order chi connectivity index (χ0) is 33.5. The fourth-order valence-corrected chi connectivity index (χ4v) is 6.45. The highest BCUT2D eigenvalue weighted by molar-refractivity contribution is 7.19.